The Morgan fingerprint density at radius 3 is 2.38 bits per heavy atom. The molecule has 0 fully saturated rings. The number of carboxylic acid groups (broad SMARTS) is 1. The standard InChI is InChI=1S/C15H30O6/c1-3-5-6-7-8-14(13-21-15(16)17)20-12-11-19-10-9-18-4-2/h14H,3-13H2,1-2H3,(H,16,17). The van der Waals surface area contributed by atoms with Crippen LogP contribution >= 0.6 is 0 Å². The minimum atomic E-state index is -1.26. The van der Waals surface area contributed by atoms with Crippen LogP contribution in [-0.2, 0) is 18.9 Å². The molecule has 0 saturated heterocycles. The van der Waals surface area contributed by atoms with E-state index in [1.807, 2.05) is 6.92 Å². The lowest BCUT2D eigenvalue weighted by atomic mass is 10.1. The second-order valence-corrected chi connectivity index (χ2v) is 4.73. The molecule has 1 atom stereocenters. The van der Waals surface area contributed by atoms with Gasteiger partial charge in [-0.15, -0.1) is 0 Å². The molecule has 1 N–H and O–H groups in total. The van der Waals surface area contributed by atoms with Gasteiger partial charge in [-0.25, -0.2) is 4.79 Å². The van der Waals surface area contributed by atoms with Crippen LogP contribution in [0.1, 0.15) is 46.0 Å². The number of carbonyl (C=O) groups is 1. The first kappa shape index (κ1) is 20.1. The molecule has 6 nitrogen and oxygen atoms in total. The van der Waals surface area contributed by atoms with Crippen molar-refractivity contribution < 1.29 is 28.8 Å². The fraction of sp³-hybridized carbons (Fsp3) is 0.933. The summed E-state index contributed by atoms with van der Waals surface area (Å²) >= 11 is 0. The third-order valence-electron chi connectivity index (χ3n) is 2.93. The summed E-state index contributed by atoms with van der Waals surface area (Å²) in [7, 11) is 0. The van der Waals surface area contributed by atoms with E-state index in [9.17, 15) is 4.79 Å². The van der Waals surface area contributed by atoms with E-state index in [4.69, 9.17) is 19.3 Å². The predicted octanol–water partition coefficient (Wildman–Crippen LogP) is 3.09. The summed E-state index contributed by atoms with van der Waals surface area (Å²) in [6.07, 6.45) is 3.88. The Morgan fingerprint density at radius 1 is 1.00 bits per heavy atom. The molecular weight excluding hydrogens is 276 g/mol. The predicted molar refractivity (Wildman–Crippen MR) is 79.8 cm³/mol. The van der Waals surface area contributed by atoms with E-state index in [1.165, 1.54) is 12.8 Å². The molecule has 0 rings (SSSR count). The monoisotopic (exact) mass is 306 g/mol. The van der Waals surface area contributed by atoms with Crippen LogP contribution in [0.3, 0.4) is 0 Å². The maximum atomic E-state index is 10.4. The van der Waals surface area contributed by atoms with Crippen molar-refractivity contribution in [3.63, 3.8) is 0 Å². The molecule has 0 radical (unpaired) electrons. The van der Waals surface area contributed by atoms with Gasteiger partial charge >= 0.3 is 6.16 Å². The Morgan fingerprint density at radius 2 is 1.71 bits per heavy atom. The van der Waals surface area contributed by atoms with E-state index >= 15 is 0 Å². The second-order valence-electron chi connectivity index (χ2n) is 4.73. The van der Waals surface area contributed by atoms with E-state index in [0.29, 0.717) is 33.0 Å². The van der Waals surface area contributed by atoms with E-state index in [2.05, 4.69) is 11.7 Å². The zero-order chi connectivity index (χ0) is 15.8. The Balaban J connectivity index is 3.68. The lowest BCUT2D eigenvalue weighted by molar-refractivity contribution is -0.0397. The summed E-state index contributed by atoms with van der Waals surface area (Å²) in [5.41, 5.74) is 0. The number of hydrogen-bond acceptors (Lipinski definition) is 5. The first-order chi connectivity index (χ1) is 10.2. The Kier molecular flexibility index (Phi) is 14.9. The van der Waals surface area contributed by atoms with Gasteiger partial charge in [-0.1, -0.05) is 32.6 Å². The number of rotatable bonds is 15. The van der Waals surface area contributed by atoms with Gasteiger partial charge in [0.05, 0.1) is 32.5 Å². The fourth-order valence-electron chi connectivity index (χ4n) is 1.82. The quantitative estimate of drug-likeness (QED) is 0.370. The molecule has 0 aromatic rings. The Bertz CT molecular complexity index is 234. The van der Waals surface area contributed by atoms with E-state index in [1.54, 1.807) is 0 Å². The van der Waals surface area contributed by atoms with Crippen LogP contribution in [0.5, 0.6) is 0 Å². The highest BCUT2D eigenvalue weighted by Crippen LogP contribution is 2.09. The molecule has 0 aliphatic rings. The van der Waals surface area contributed by atoms with Crippen LogP contribution < -0.4 is 0 Å². The van der Waals surface area contributed by atoms with Gasteiger partial charge in [0.15, 0.2) is 0 Å². The average Bonchev–Trinajstić information content (AvgIpc) is 2.47. The molecule has 0 amide bonds. The normalized spacial score (nSPS) is 12.3. The van der Waals surface area contributed by atoms with Crippen LogP contribution in [0.4, 0.5) is 4.79 Å². The third-order valence-corrected chi connectivity index (χ3v) is 2.93. The highest BCUT2D eigenvalue weighted by Gasteiger charge is 2.11. The van der Waals surface area contributed by atoms with Gasteiger partial charge in [0.25, 0.3) is 0 Å². The van der Waals surface area contributed by atoms with Crippen LogP contribution in [0.15, 0.2) is 0 Å². The van der Waals surface area contributed by atoms with Crippen molar-refractivity contribution in [2.75, 3.05) is 39.6 Å². The average molecular weight is 306 g/mol. The van der Waals surface area contributed by atoms with Crippen molar-refractivity contribution in [1.29, 1.82) is 0 Å². The van der Waals surface area contributed by atoms with E-state index < -0.39 is 6.16 Å². The van der Waals surface area contributed by atoms with Crippen LogP contribution in [0.2, 0.25) is 0 Å². The smallest absolute Gasteiger partial charge is 0.450 e. The summed E-state index contributed by atoms with van der Waals surface area (Å²) in [4.78, 5) is 10.4. The van der Waals surface area contributed by atoms with E-state index in [0.717, 1.165) is 19.3 Å². The summed E-state index contributed by atoms with van der Waals surface area (Å²) < 4.78 is 20.7. The lowest BCUT2D eigenvalue weighted by Gasteiger charge is -2.17. The minimum Gasteiger partial charge on any atom is -0.450 e. The molecule has 0 bridgehead atoms. The Hall–Kier alpha value is -0.850. The summed E-state index contributed by atoms with van der Waals surface area (Å²) in [5.74, 6) is 0. The number of ether oxygens (including phenoxy) is 4. The molecule has 126 valence electrons. The molecule has 21 heavy (non-hydrogen) atoms. The molecule has 0 aromatic carbocycles. The van der Waals surface area contributed by atoms with Gasteiger partial charge in [-0.05, 0) is 13.3 Å². The SMILES string of the molecule is CCCCCCC(COC(=O)O)OCCOCCOCC. The van der Waals surface area contributed by atoms with Crippen LogP contribution in [0.25, 0.3) is 0 Å². The molecule has 0 aromatic heterocycles. The largest absolute Gasteiger partial charge is 0.505 e. The highest BCUT2D eigenvalue weighted by molar-refractivity contribution is 5.56. The molecule has 0 heterocycles. The molecule has 0 aliphatic heterocycles. The molecule has 6 heteroatoms. The minimum absolute atomic E-state index is 0.0837. The molecular formula is C15H30O6. The maximum absolute atomic E-state index is 10.4. The summed E-state index contributed by atoms with van der Waals surface area (Å²) in [6, 6.07) is 0. The topological polar surface area (TPSA) is 74.2 Å². The van der Waals surface area contributed by atoms with Gasteiger partial charge in [-0.2, -0.15) is 0 Å². The van der Waals surface area contributed by atoms with Crippen molar-refractivity contribution >= 4 is 6.16 Å². The number of hydrogen-bond donors (Lipinski definition) is 1. The van der Waals surface area contributed by atoms with Crippen molar-refractivity contribution in [3.8, 4) is 0 Å². The molecule has 0 spiro atoms. The van der Waals surface area contributed by atoms with Gasteiger partial charge in [0.2, 0.25) is 0 Å². The fourth-order valence-corrected chi connectivity index (χ4v) is 1.82. The van der Waals surface area contributed by atoms with Crippen molar-refractivity contribution in [2.24, 2.45) is 0 Å². The highest BCUT2D eigenvalue weighted by atomic mass is 16.7. The summed E-state index contributed by atoms with van der Waals surface area (Å²) in [6.45, 7) is 6.91. The first-order valence-corrected chi connectivity index (χ1v) is 7.83. The zero-order valence-corrected chi connectivity index (χ0v) is 13.3. The second kappa shape index (κ2) is 15.5. The van der Waals surface area contributed by atoms with Crippen molar-refractivity contribution in [3.05, 3.63) is 0 Å². The molecule has 1 unspecified atom stereocenters. The third kappa shape index (κ3) is 15.4. The number of unbranched alkanes of at least 4 members (excludes halogenated alkanes) is 3. The van der Waals surface area contributed by atoms with Crippen molar-refractivity contribution in [2.45, 2.75) is 52.1 Å². The zero-order valence-electron chi connectivity index (χ0n) is 13.3. The van der Waals surface area contributed by atoms with Gasteiger partial charge in [-0.3, -0.25) is 0 Å². The molecule has 0 saturated carbocycles. The summed E-state index contributed by atoms with van der Waals surface area (Å²) in [5, 5.41) is 8.55. The first-order valence-electron chi connectivity index (χ1n) is 7.83. The van der Waals surface area contributed by atoms with Crippen LogP contribution in [0, 0.1) is 0 Å². The van der Waals surface area contributed by atoms with Gasteiger partial charge in [0, 0.05) is 6.61 Å². The van der Waals surface area contributed by atoms with Crippen LogP contribution in [-0.4, -0.2) is 57.0 Å². The Labute approximate surface area is 127 Å². The lowest BCUT2D eigenvalue weighted by Crippen LogP contribution is -2.24. The van der Waals surface area contributed by atoms with Gasteiger partial charge < -0.3 is 24.1 Å². The van der Waals surface area contributed by atoms with E-state index in [-0.39, 0.29) is 12.7 Å². The molecule has 0 aliphatic carbocycles. The maximum Gasteiger partial charge on any atom is 0.505 e. The van der Waals surface area contributed by atoms with Crippen molar-refractivity contribution in [1.82, 2.24) is 0 Å². The van der Waals surface area contributed by atoms with Gasteiger partial charge in [0.1, 0.15) is 6.61 Å².